The van der Waals surface area contributed by atoms with Crippen molar-refractivity contribution in [1.82, 2.24) is 4.57 Å². The summed E-state index contributed by atoms with van der Waals surface area (Å²) in [6, 6.07) is 9.78. The van der Waals surface area contributed by atoms with E-state index in [1.54, 1.807) is 13.0 Å². The summed E-state index contributed by atoms with van der Waals surface area (Å²) in [6.45, 7) is 5.03. The van der Waals surface area contributed by atoms with Gasteiger partial charge in [0.15, 0.2) is 5.78 Å². The van der Waals surface area contributed by atoms with Crippen molar-refractivity contribution >= 4 is 11.8 Å². The van der Waals surface area contributed by atoms with Gasteiger partial charge in [-0.2, -0.15) is 0 Å². The zero-order valence-corrected chi connectivity index (χ0v) is 13.4. The summed E-state index contributed by atoms with van der Waals surface area (Å²) in [5, 5.41) is 9.14. The van der Waals surface area contributed by atoms with E-state index in [9.17, 15) is 14.4 Å². The number of benzene rings is 1. The molecule has 5 heteroatoms. The number of ketones is 1. The molecule has 23 heavy (non-hydrogen) atoms. The van der Waals surface area contributed by atoms with Crippen LogP contribution in [-0.4, -0.2) is 21.4 Å². The van der Waals surface area contributed by atoms with Gasteiger partial charge in [0, 0.05) is 0 Å². The molecule has 0 spiro atoms. The minimum absolute atomic E-state index is 0.207. The van der Waals surface area contributed by atoms with Crippen LogP contribution in [-0.2, 0) is 11.2 Å². The first kappa shape index (κ1) is 16.7. The normalized spacial score (nSPS) is 12.0. The molecule has 0 radical (unpaired) electrons. The Morgan fingerprint density at radius 3 is 2.22 bits per heavy atom. The van der Waals surface area contributed by atoms with E-state index in [1.807, 2.05) is 31.2 Å². The maximum absolute atomic E-state index is 12.5. The molecule has 0 aliphatic carbocycles. The Labute approximate surface area is 134 Å². The number of carbonyl (C=O) groups excluding carboxylic acids is 1. The van der Waals surface area contributed by atoms with Gasteiger partial charge in [0.1, 0.15) is 5.56 Å². The van der Waals surface area contributed by atoms with Crippen molar-refractivity contribution in [2.75, 3.05) is 0 Å². The minimum Gasteiger partial charge on any atom is -0.477 e. The minimum atomic E-state index is -1.30. The number of rotatable bonds is 5. The van der Waals surface area contributed by atoms with E-state index in [1.165, 1.54) is 17.6 Å². The Morgan fingerprint density at radius 1 is 1.13 bits per heavy atom. The van der Waals surface area contributed by atoms with E-state index in [0.29, 0.717) is 5.69 Å². The molecule has 2 aromatic rings. The molecule has 1 atom stereocenters. The van der Waals surface area contributed by atoms with Crippen LogP contribution in [0.2, 0.25) is 0 Å². The predicted octanol–water partition coefficient (Wildman–Crippen LogP) is 2.93. The molecular formula is C18H19NO4. The molecule has 0 aliphatic rings. The van der Waals surface area contributed by atoms with Gasteiger partial charge in [-0.25, -0.2) is 4.79 Å². The monoisotopic (exact) mass is 313 g/mol. The van der Waals surface area contributed by atoms with Crippen molar-refractivity contribution in [3.8, 4) is 11.3 Å². The zero-order chi connectivity index (χ0) is 17.1. The Hall–Kier alpha value is -2.69. The highest BCUT2D eigenvalue weighted by atomic mass is 16.4. The molecule has 0 bridgehead atoms. The average Bonchev–Trinajstić information content (AvgIpc) is 2.53. The summed E-state index contributed by atoms with van der Waals surface area (Å²) in [7, 11) is 0. The Morgan fingerprint density at radius 2 is 1.74 bits per heavy atom. The molecule has 120 valence electrons. The fourth-order valence-electron chi connectivity index (χ4n) is 2.43. The molecule has 0 saturated carbocycles. The lowest BCUT2D eigenvalue weighted by Crippen LogP contribution is -2.32. The van der Waals surface area contributed by atoms with Gasteiger partial charge >= 0.3 is 5.97 Å². The second-order valence-electron chi connectivity index (χ2n) is 5.45. The maximum atomic E-state index is 12.5. The number of carboxylic acids is 1. The smallest absolute Gasteiger partial charge is 0.341 e. The van der Waals surface area contributed by atoms with Crippen LogP contribution in [0.25, 0.3) is 11.3 Å². The highest BCUT2D eigenvalue weighted by molar-refractivity contribution is 5.88. The van der Waals surface area contributed by atoms with E-state index < -0.39 is 17.6 Å². The number of aromatic carboxylic acids is 1. The van der Waals surface area contributed by atoms with E-state index in [0.717, 1.165) is 17.5 Å². The Bertz CT molecular complexity index is 803. The maximum Gasteiger partial charge on any atom is 0.341 e. The second kappa shape index (κ2) is 6.60. The number of hydrogen-bond donors (Lipinski definition) is 1. The molecule has 0 amide bonds. The van der Waals surface area contributed by atoms with Crippen LogP contribution in [0, 0.1) is 0 Å². The number of pyridine rings is 1. The Balaban J connectivity index is 2.71. The van der Waals surface area contributed by atoms with Crippen LogP contribution >= 0.6 is 0 Å². The summed E-state index contributed by atoms with van der Waals surface area (Å²) in [6.07, 6.45) is 0.898. The second-order valence-corrected chi connectivity index (χ2v) is 5.45. The topological polar surface area (TPSA) is 76.4 Å². The summed E-state index contributed by atoms with van der Waals surface area (Å²) in [4.78, 5) is 35.5. The van der Waals surface area contributed by atoms with Crippen molar-refractivity contribution in [3.63, 3.8) is 0 Å². The average molecular weight is 313 g/mol. The number of nitrogens with zero attached hydrogens (tertiary/aromatic N) is 1. The van der Waals surface area contributed by atoms with Crippen LogP contribution in [0.3, 0.4) is 0 Å². The predicted molar refractivity (Wildman–Crippen MR) is 87.9 cm³/mol. The third kappa shape index (κ3) is 3.23. The van der Waals surface area contributed by atoms with Crippen LogP contribution < -0.4 is 5.56 Å². The fraction of sp³-hybridized carbons (Fsp3) is 0.278. The third-order valence-electron chi connectivity index (χ3n) is 3.98. The Kier molecular flexibility index (Phi) is 4.79. The van der Waals surface area contributed by atoms with Gasteiger partial charge in [-0.15, -0.1) is 0 Å². The highest BCUT2D eigenvalue weighted by Crippen LogP contribution is 2.22. The van der Waals surface area contributed by atoms with E-state index in [2.05, 4.69) is 0 Å². The molecule has 2 rings (SSSR count). The molecule has 0 saturated heterocycles. The molecule has 0 aliphatic heterocycles. The van der Waals surface area contributed by atoms with E-state index in [-0.39, 0.29) is 11.3 Å². The first-order valence-electron chi connectivity index (χ1n) is 7.45. The molecule has 1 aromatic heterocycles. The van der Waals surface area contributed by atoms with Crippen molar-refractivity contribution in [2.45, 2.75) is 33.2 Å². The summed E-state index contributed by atoms with van der Waals surface area (Å²) in [5.41, 5.74) is 1.45. The number of carbonyl (C=O) groups is 2. The summed E-state index contributed by atoms with van der Waals surface area (Å²) < 4.78 is 1.26. The molecule has 1 aromatic carbocycles. The van der Waals surface area contributed by atoms with E-state index in [4.69, 9.17) is 5.11 Å². The van der Waals surface area contributed by atoms with Crippen molar-refractivity contribution in [2.24, 2.45) is 0 Å². The zero-order valence-electron chi connectivity index (χ0n) is 13.4. The van der Waals surface area contributed by atoms with Crippen LogP contribution in [0.15, 0.2) is 41.2 Å². The summed E-state index contributed by atoms with van der Waals surface area (Å²) >= 11 is 0. The molecule has 1 unspecified atom stereocenters. The molecule has 1 heterocycles. The lowest BCUT2D eigenvalue weighted by atomic mass is 10.0. The number of carboxylic acid groups (broad SMARTS) is 1. The van der Waals surface area contributed by atoms with Crippen molar-refractivity contribution in [1.29, 1.82) is 0 Å². The van der Waals surface area contributed by atoms with Gasteiger partial charge in [0.25, 0.3) is 5.56 Å². The molecule has 5 nitrogen and oxygen atoms in total. The van der Waals surface area contributed by atoms with Gasteiger partial charge in [-0.1, -0.05) is 31.2 Å². The van der Waals surface area contributed by atoms with Gasteiger partial charge < -0.3 is 5.11 Å². The lowest BCUT2D eigenvalue weighted by Gasteiger charge is -2.18. The standard InChI is InChI=1S/C18H19NO4/c1-4-13-5-7-14(8-6-13)16-10-9-15(18(22)23)17(21)19(16)11(2)12(3)20/h5-11H,4H2,1-3H3,(H,22,23). The van der Waals surface area contributed by atoms with Gasteiger partial charge in [-0.05, 0) is 43.5 Å². The highest BCUT2D eigenvalue weighted by Gasteiger charge is 2.21. The fourth-order valence-corrected chi connectivity index (χ4v) is 2.43. The van der Waals surface area contributed by atoms with Crippen molar-refractivity contribution < 1.29 is 14.7 Å². The number of aromatic nitrogens is 1. The van der Waals surface area contributed by atoms with Gasteiger partial charge in [-0.3, -0.25) is 14.2 Å². The first-order valence-corrected chi connectivity index (χ1v) is 7.45. The van der Waals surface area contributed by atoms with Gasteiger partial charge in [0.2, 0.25) is 0 Å². The van der Waals surface area contributed by atoms with Crippen LogP contribution in [0.4, 0.5) is 0 Å². The van der Waals surface area contributed by atoms with Gasteiger partial charge in [0.05, 0.1) is 11.7 Å². The molecule has 1 N–H and O–H groups in total. The number of aryl methyl sites for hydroxylation is 1. The number of Topliss-reactive ketones (excluding diaryl/α,β-unsaturated/α-hetero) is 1. The van der Waals surface area contributed by atoms with E-state index >= 15 is 0 Å². The first-order chi connectivity index (χ1) is 10.9. The quantitative estimate of drug-likeness (QED) is 0.920. The SMILES string of the molecule is CCc1ccc(-c2ccc(C(=O)O)c(=O)n2C(C)C(C)=O)cc1. The molecule has 0 fully saturated rings. The molecular weight excluding hydrogens is 294 g/mol. The largest absolute Gasteiger partial charge is 0.477 e. The summed E-state index contributed by atoms with van der Waals surface area (Å²) in [5.74, 6) is -1.51. The van der Waals surface area contributed by atoms with Crippen molar-refractivity contribution in [3.05, 3.63) is 57.9 Å². The van der Waals surface area contributed by atoms with Crippen LogP contribution in [0.5, 0.6) is 0 Å². The van der Waals surface area contributed by atoms with Crippen LogP contribution in [0.1, 0.15) is 42.7 Å². The lowest BCUT2D eigenvalue weighted by molar-refractivity contribution is -0.119. The number of hydrogen-bond acceptors (Lipinski definition) is 3. The third-order valence-corrected chi connectivity index (χ3v) is 3.98.